The Morgan fingerprint density at radius 1 is 1.21 bits per heavy atom. The lowest BCUT2D eigenvalue weighted by Gasteiger charge is -2.33. The second-order valence-corrected chi connectivity index (χ2v) is 9.34. The van der Waals surface area contributed by atoms with E-state index >= 15 is 0 Å². The van der Waals surface area contributed by atoms with Crippen molar-refractivity contribution >= 4 is 34.9 Å². The first kappa shape index (κ1) is 23.9. The van der Waals surface area contributed by atoms with Gasteiger partial charge >= 0.3 is 0 Å². The fourth-order valence-corrected chi connectivity index (χ4v) is 4.83. The highest BCUT2D eigenvalue weighted by atomic mass is 32.1. The van der Waals surface area contributed by atoms with Gasteiger partial charge in [-0.3, -0.25) is 19.0 Å². The van der Waals surface area contributed by atoms with Crippen LogP contribution in [0.15, 0.2) is 41.2 Å². The number of fused-ring (bicyclic) bond motifs is 1. The zero-order valence-electron chi connectivity index (χ0n) is 19.8. The maximum absolute atomic E-state index is 13.3. The SMILES string of the molecule is CCCC(=O)NC1CCCN(C(=O)c2ccc3c(=O)n(-c4cccc(C)c4C)c(=S)[nH]c3c2)C1. The van der Waals surface area contributed by atoms with Crippen molar-refractivity contribution in [2.45, 2.75) is 52.5 Å². The molecule has 2 aromatic carbocycles. The molecule has 1 fully saturated rings. The summed E-state index contributed by atoms with van der Waals surface area (Å²) in [7, 11) is 0. The van der Waals surface area contributed by atoms with Crippen LogP contribution in [0.2, 0.25) is 0 Å². The van der Waals surface area contributed by atoms with E-state index in [1.54, 1.807) is 23.1 Å². The number of likely N-dealkylation sites (tertiary alicyclic amines) is 1. The van der Waals surface area contributed by atoms with E-state index in [9.17, 15) is 14.4 Å². The van der Waals surface area contributed by atoms with E-state index in [1.165, 1.54) is 4.57 Å². The molecule has 2 heterocycles. The molecule has 0 aliphatic carbocycles. The van der Waals surface area contributed by atoms with Crippen LogP contribution in [0.1, 0.15) is 54.1 Å². The van der Waals surface area contributed by atoms with Gasteiger partial charge < -0.3 is 15.2 Å². The number of nitrogens with one attached hydrogen (secondary N) is 2. The topological polar surface area (TPSA) is 87.2 Å². The first-order chi connectivity index (χ1) is 16.3. The zero-order valence-corrected chi connectivity index (χ0v) is 20.6. The number of aromatic nitrogens is 2. The van der Waals surface area contributed by atoms with Crippen LogP contribution in [0, 0.1) is 18.6 Å². The summed E-state index contributed by atoms with van der Waals surface area (Å²) in [6.45, 7) is 7.06. The Kier molecular flexibility index (Phi) is 6.97. The third-order valence-corrected chi connectivity index (χ3v) is 6.80. The van der Waals surface area contributed by atoms with Crippen molar-refractivity contribution in [1.82, 2.24) is 19.8 Å². The molecule has 34 heavy (non-hydrogen) atoms. The molecule has 0 radical (unpaired) electrons. The zero-order chi connectivity index (χ0) is 24.4. The second kappa shape index (κ2) is 9.93. The van der Waals surface area contributed by atoms with Gasteiger partial charge in [0.2, 0.25) is 5.91 Å². The summed E-state index contributed by atoms with van der Waals surface area (Å²) in [6.07, 6.45) is 2.99. The second-order valence-electron chi connectivity index (χ2n) is 8.96. The van der Waals surface area contributed by atoms with Gasteiger partial charge in [-0.1, -0.05) is 19.1 Å². The molecule has 4 rings (SSSR count). The van der Waals surface area contributed by atoms with Gasteiger partial charge in [-0.2, -0.15) is 0 Å². The molecule has 0 saturated carbocycles. The predicted octanol–water partition coefficient (Wildman–Crippen LogP) is 4.19. The summed E-state index contributed by atoms with van der Waals surface area (Å²) < 4.78 is 1.79. The van der Waals surface area contributed by atoms with Crippen LogP contribution in [0.3, 0.4) is 0 Å². The molecule has 3 aromatic rings. The van der Waals surface area contributed by atoms with Crippen molar-refractivity contribution in [3.8, 4) is 5.69 Å². The number of benzene rings is 2. The fraction of sp³-hybridized carbons (Fsp3) is 0.385. The van der Waals surface area contributed by atoms with Gasteiger partial charge in [-0.25, -0.2) is 0 Å². The Balaban J connectivity index is 1.63. The van der Waals surface area contributed by atoms with Crippen LogP contribution in [0.4, 0.5) is 0 Å². The molecule has 1 aliphatic rings. The third kappa shape index (κ3) is 4.68. The normalized spacial score (nSPS) is 16.0. The Hall–Kier alpha value is -3.26. The van der Waals surface area contributed by atoms with Crippen LogP contribution >= 0.6 is 12.2 Å². The number of hydrogen-bond acceptors (Lipinski definition) is 4. The quantitative estimate of drug-likeness (QED) is 0.539. The van der Waals surface area contributed by atoms with Gasteiger partial charge in [-0.05, 0) is 80.7 Å². The molecule has 7 nitrogen and oxygen atoms in total. The van der Waals surface area contributed by atoms with Crippen molar-refractivity contribution in [3.63, 3.8) is 0 Å². The number of carbonyl (C=O) groups excluding carboxylic acids is 2. The number of nitrogens with zero attached hydrogens (tertiary/aromatic N) is 2. The van der Waals surface area contributed by atoms with Gasteiger partial charge in [0, 0.05) is 31.1 Å². The Morgan fingerprint density at radius 2 is 2.00 bits per heavy atom. The number of hydrogen-bond donors (Lipinski definition) is 2. The lowest BCUT2D eigenvalue weighted by molar-refractivity contribution is -0.122. The molecular formula is C26H30N4O3S. The first-order valence-corrected chi connectivity index (χ1v) is 12.1. The van der Waals surface area contributed by atoms with E-state index in [1.807, 2.05) is 39.0 Å². The molecule has 1 aliphatic heterocycles. The minimum absolute atomic E-state index is 0.0280. The maximum Gasteiger partial charge on any atom is 0.266 e. The third-order valence-electron chi connectivity index (χ3n) is 6.51. The molecule has 1 atom stereocenters. The minimum atomic E-state index is -0.219. The van der Waals surface area contributed by atoms with Crippen LogP contribution < -0.4 is 10.9 Å². The number of carbonyl (C=O) groups is 2. The molecular weight excluding hydrogens is 448 g/mol. The van der Waals surface area contributed by atoms with Crippen LogP contribution in [-0.4, -0.2) is 45.4 Å². The average Bonchev–Trinajstić information content (AvgIpc) is 2.81. The molecule has 0 bridgehead atoms. The molecule has 8 heteroatoms. The number of piperidine rings is 1. The Labute approximate surface area is 203 Å². The highest BCUT2D eigenvalue weighted by molar-refractivity contribution is 7.71. The summed E-state index contributed by atoms with van der Waals surface area (Å²) in [5.41, 5.74) is 3.61. The monoisotopic (exact) mass is 478 g/mol. The fourth-order valence-electron chi connectivity index (χ4n) is 4.54. The van der Waals surface area contributed by atoms with Gasteiger partial charge in [0.15, 0.2) is 4.77 Å². The van der Waals surface area contributed by atoms with E-state index in [-0.39, 0.29) is 28.2 Å². The summed E-state index contributed by atoms with van der Waals surface area (Å²) >= 11 is 5.53. The lowest BCUT2D eigenvalue weighted by Crippen LogP contribution is -2.49. The minimum Gasteiger partial charge on any atom is -0.352 e. The molecule has 1 unspecified atom stereocenters. The number of rotatable bonds is 5. The van der Waals surface area contributed by atoms with E-state index < -0.39 is 0 Å². The largest absolute Gasteiger partial charge is 0.352 e. The number of aromatic amines is 1. The number of amides is 2. The van der Waals surface area contributed by atoms with Crippen molar-refractivity contribution in [2.75, 3.05) is 13.1 Å². The van der Waals surface area contributed by atoms with Crippen molar-refractivity contribution in [3.05, 3.63) is 68.2 Å². The van der Waals surface area contributed by atoms with E-state index in [2.05, 4.69) is 10.3 Å². The van der Waals surface area contributed by atoms with Gasteiger partial charge in [0.25, 0.3) is 11.5 Å². The molecule has 0 spiro atoms. The van der Waals surface area contributed by atoms with Crippen molar-refractivity contribution in [1.29, 1.82) is 0 Å². The number of H-pyrrole nitrogens is 1. The van der Waals surface area contributed by atoms with Crippen LogP contribution in [0.5, 0.6) is 0 Å². The average molecular weight is 479 g/mol. The van der Waals surface area contributed by atoms with Crippen LogP contribution in [0.25, 0.3) is 16.6 Å². The smallest absolute Gasteiger partial charge is 0.266 e. The van der Waals surface area contributed by atoms with Crippen molar-refractivity contribution < 1.29 is 9.59 Å². The Bertz CT molecular complexity index is 1370. The maximum atomic E-state index is 13.3. The molecule has 2 N–H and O–H groups in total. The molecule has 1 aromatic heterocycles. The Morgan fingerprint density at radius 3 is 2.76 bits per heavy atom. The summed E-state index contributed by atoms with van der Waals surface area (Å²) in [5, 5.41) is 3.50. The van der Waals surface area contributed by atoms with E-state index in [4.69, 9.17) is 12.2 Å². The number of aryl methyl sites for hydroxylation is 1. The van der Waals surface area contributed by atoms with Gasteiger partial charge in [0.05, 0.1) is 16.6 Å². The van der Waals surface area contributed by atoms with Gasteiger partial charge in [-0.15, -0.1) is 0 Å². The lowest BCUT2D eigenvalue weighted by atomic mass is 10.0. The van der Waals surface area contributed by atoms with E-state index in [0.717, 1.165) is 36.1 Å². The summed E-state index contributed by atoms with van der Waals surface area (Å²) in [4.78, 5) is 43.5. The molecule has 2 amide bonds. The molecule has 178 valence electrons. The van der Waals surface area contributed by atoms with Crippen molar-refractivity contribution in [2.24, 2.45) is 0 Å². The van der Waals surface area contributed by atoms with E-state index in [0.29, 0.717) is 36.0 Å². The molecule has 1 saturated heterocycles. The highest BCUT2D eigenvalue weighted by Crippen LogP contribution is 2.20. The summed E-state index contributed by atoms with van der Waals surface area (Å²) in [6, 6.07) is 10.8. The highest BCUT2D eigenvalue weighted by Gasteiger charge is 2.25. The first-order valence-electron chi connectivity index (χ1n) is 11.7. The standard InChI is InChI=1S/C26H30N4O3S/c1-4-7-23(31)27-19-9-6-13-29(15-19)24(32)18-11-12-20-21(14-18)28-26(34)30(25(20)33)22-10-5-8-16(2)17(22)3/h5,8,10-12,14,19H,4,6-7,9,13,15H2,1-3H3,(H,27,31)(H,28,34). The van der Waals surface area contributed by atoms with Gasteiger partial charge in [0.1, 0.15) is 0 Å². The summed E-state index contributed by atoms with van der Waals surface area (Å²) in [5.74, 6) is -0.0884. The van der Waals surface area contributed by atoms with Crippen LogP contribution in [-0.2, 0) is 4.79 Å². The predicted molar refractivity (Wildman–Crippen MR) is 136 cm³/mol.